The summed E-state index contributed by atoms with van der Waals surface area (Å²) >= 11 is 0. The minimum absolute atomic E-state index is 0.150. The van der Waals surface area contributed by atoms with Crippen LogP contribution in [0.1, 0.15) is 30.1 Å². The summed E-state index contributed by atoms with van der Waals surface area (Å²) in [4.78, 5) is 14.4. The Balaban J connectivity index is 1.94. The van der Waals surface area contributed by atoms with Gasteiger partial charge in [0.05, 0.1) is 13.2 Å². The number of rotatable bonds is 5. The van der Waals surface area contributed by atoms with Crippen molar-refractivity contribution in [3.63, 3.8) is 0 Å². The van der Waals surface area contributed by atoms with Gasteiger partial charge in [0.1, 0.15) is 5.75 Å². The molecule has 4 nitrogen and oxygen atoms in total. The first-order chi connectivity index (χ1) is 9.19. The Morgan fingerprint density at radius 2 is 2.16 bits per heavy atom. The second-order valence-corrected chi connectivity index (χ2v) is 5.00. The summed E-state index contributed by atoms with van der Waals surface area (Å²) in [5.74, 6) is 0.908. The predicted molar refractivity (Wildman–Crippen MR) is 75.6 cm³/mol. The maximum Gasteiger partial charge on any atom is 0.176 e. The van der Waals surface area contributed by atoms with Crippen LogP contribution in [0.2, 0.25) is 0 Å². The van der Waals surface area contributed by atoms with E-state index >= 15 is 0 Å². The van der Waals surface area contributed by atoms with Gasteiger partial charge >= 0.3 is 0 Å². The van der Waals surface area contributed by atoms with E-state index in [1.807, 2.05) is 31.2 Å². The molecule has 1 aliphatic heterocycles. The van der Waals surface area contributed by atoms with Gasteiger partial charge in [0.25, 0.3) is 0 Å². The minimum Gasteiger partial charge on any atom is -0.494 e. The number of hydrogen-bond acceptors (Lipinski definition) is 4. The molecule has 0 aromatic heterocycles. The van der Waals surface area contributed by atoms with Crippen molar-refractivity contribution in [3.05, 3.63) is 29.8 Å². The van der Waals surface area contributed by atoms with E-state index in [9.17, 15) is 4.79 Å². The van der Waals surface area contributed by atoms with Gasteiger partial charge in [-0.1, -0.05) is 12.1 Å². The van der Waals surface area contributed by atoms with Crippen molar-refractivity contribution >= 4 is 5.78 Å². The number of benzene rings is 1. The van der Waals surface area contributed by atoms with Crippen molar-refractivity contribution in [2.45, 2.75) is 25.8 Å². The number of likely N-dealkylation sites (tertiary alicyclic amines) is 1. The average molecular weight is 262 g/mol. The number of hydrogen-bond donors (Lipinski definition) is 1. The van der Waals surface area contributed by atoms with Crippen LogP contribution in [0.15, 0.2) is 24.3 Å². The monoisotopic (exact) mass is 262 g/mol. The lowest BCUT2D eigenvalue weighted by atomic mass is 10.0. The van der Waals surface area contributed by atoms with Gasteiger partial charge < -0.3 is 10.5 Å². The molecule has 0 unspecified atom stereocenters. The molecule has 1 aromatic rings. The molecule has 1 aromatic carbocycles. The Bertz CT molecular complexity index is 426. The largest absolute Gasteiger partial charge is 0.494 e. The maximum atomic E-state index is 12.2. The second-order valence-electron chi connectivity index (χ2n) is 5.00. The molecule has 1 heterocycles. The number of ketones is 1. The van der Waals surface area contributed by atoms with Gasteiger partial charge in [-0.05, 0) is 31.9 Å². The van der Waals surface area contributed by atoms with Gasteiger partial charge in [0.2, 0.25) is 0 Å². The number of piperidine rings is 1. The molecule has 104 valence electrons. The molecule has 0 bridgehead atoms. The first kappa shape index (κ1) is 14.0. The van der Waals surface area contributed by atoms with Crippen LogP contribution >= 0.6 is 0 Å². The summed E-state index contributed by atoms with van der Waals surface area (Å²) in [7, 11) is 0. The van der Waals surface area contributed by atoms with Crippen molar-refractivity contribution in [2.24, 2.45) is 5.73 Å². The van der Waals surface area contributed by atoms with Gasteiger partial charge in [-0.3, -0.25) is 9.69 Å². The van der Waals surface area contributed by atoms with E-state index in [0.717, 1.165) is 37.2 Å². The van der Waals surface area contributed by atoms with Crippen LogP contribution in [0.25, 0.3) is 0 Å². The summed E-state index contributed by atoms with van der Waals surface area (Å²) in [5, 5.41) is 0. The molecule has 1 fully saturated rings. The Hall–Kier alpha value is -1.39. The van der Waals surface area contributed by atoms with Crippen LogP contribution in [-0.2, 0) is 0 Å². The van der Waals surface area contributed by atoms with Gasteiger partial charge in [0, 0.05) is 24.7 Å². The van der Waals surface area contributed by atoms with Crippen molar-refractivity contribution in [1.82, 2.24) is 4.90 Å². The molecule has 0 radical (unpaired) electrons. The van der Waals surface area contributed by atoms with Crippen LogP contribution in [-0.4, -0.2) is 43.0 Å². The molecule has 2 rings (SSSR count). The van der Waals surface area contributed by atoms with Gasteiger partial charge in [-0.15, -0.1) is 0 Å². The molecule has 19 heavy (non-hydrogen) atoms. The smallest absolute Gasteiger partial charge is 0.176 e. The Morgan fingerprint density at radius 1 is 1.42 bits per heavy atom. The molecule has 0 spiro atoms. The van der Waals surface area contributed by atoms with Crippen LogP contribution in [0.4, 0.5) is 0 Å². The van der Waals surface area contributed by atoms with Gasteiger partial charge in [0.15, 0.2) is 5.78 Å². The summed E-state index contributed by atoms with van der Waals surface area (Å²) in [6.07, 6.45) is 1.96. The molecule has 0 amide bonds. The van der Waals surface area contributed by atoms with Crippen molar-refractivity contribution in [1.29, 1.82) is 0 Å². The number of carbonyl (C=O) groups is 1. The molecule has 4 heteroatoms. The van der Waals surface area contributed by atoms with Crippen LogP contribution in [0.5, 0.6) is 5.75 Å². The lowest BCUT2D eigenvalue weighted by Crippen LogP contribution is -2.41. The van der Waals surface area contributed by atoms with Crippen LogP contribution in [0.3, 0.4) is 0 Å². The van der Waals surface area contributed by atoms with Crippen LogP contribution in [0, 0.1) is 0 Å². The third-order valence-electron chi connectivity index (χ3n) is 3.47. The summed E-state index contributed by atoms with van der Waals surface area (Å²) < 4.78 is 5.42. The molecule has 0 atom stereocenters. The van der Waals surface area contributed by atoms with Crippen molar-refractivity contribution in [3.8, 4) is 5.75 Å². The first-order valence-electron chi connectivity index (χ1n) is 6.93. The number of ether oxygens (including phenoxy) is 1. The Labute approximate surface area is 114 Å². The zero-order valence-electron chi connectivity index (χ0n) is 11.5. The van der Waals surface area contributed by atoms with E-state index in [4.69, 9.17) is 10.5 Å². The fourth-order valence-corrected chi connectivity index (χ4v) is 2.33. The molecule has 0 saturated carbocycles. The fourth-order valence-electron chi connectivity index (χ4n) is 2.33. The molecule has 1 saturated heterocycles. The summed E-state index contributed by atoms with van der Waals surface area (Å²) in [6, 6.07) is 7.71. The molecule has 2 N–H and O–H groups in total. The normalized spacial score (nSPS) is 17.4. The van der Waals surface area contributed by atoms with E-state index in [1.165, 1.54) is 0 Å². The Kier molecular flexibility index (Phi) is 4.93. The zero-order chi connectivity index (χ0) is 13.7. The Morgan fingerprint density at radius 3 is 2.84 bits per heavy atom. The third-order valence-corrected chi connectivity index (χ3v) is 3.47. The maximum absolute atomic E-state index is 12.2. The number of nitrogens with two attached hydrogens (primary N) is 1. The van der Waals surface area contributed by atoms with Gasteiger partial charge in [-0.25, -0.2) is 0 Å². The standard InChI is InChI=1S/C15H22N2O2/c1-2-19-14-5-3-4-12(10-14)15(18)11-17-8-6-13(16)7-9-17/h3-5,10,13H,2,6-9,11,16H2,1H3. The SMILES string of the molecule is CCOc1cccc(C(=O)CN2CCC(N)CC2)c1. The first-order valence-corrected chi connectivity index (χ1v) is 6.93. The molecule has 1 aliphatic rings. The van der Waals surface area contributed by atoms with E-state index in [1.54, 1.807) is 0 Å². The van der Waals surface area contributed by atoms with Gasteiger partial charge in [-0.2, -0.15) is 0 Å². The topological polar surface area (TPSA) is 55.6 Å². The lowest BCUT2D eigenvalue weighted by molar-refractivity contribution is 0.0909. The van der Waals surface area contributed by atoms with E-state index in [0.29, 0.717) is 19.2 Å². The lowest BCUT2D eigenvalue weighted by Gasteiger charge is -2.29. The third kappa shape index (κ3) is 4.04. The molecular weight excluding hydrogens is 240 g/mol. The van der Waals surface area contributed by atoms with Crippen LogP contribution < -0.4 is 10.5 Å². The number of nitrogens with zero attached hydrogens (tertiary/aromatic N) is 1. The highest BCUT2D eigenvalue weighted by Gasteiger charge is 2.19. The average Bonchev–Trinajstić information content (AvgIpc) is 2.42. The quantitative estimate of drug-likeness (QED) is 0.820. The number of Topliss-reactive ketones (excluding diaryl/α,β-unsaturated/α-hetero) is 1. The summed E-state index contributed by atoms with van der Waals surface area (Å²) in [5.41, 5.74) is 6.59. The van der Waals surface area contributed by atoms with Crippen molar-refractivity contribution < 1.29 is 9.53 Å². The van der Waals surface area contributed by atoms with E-state index in [-0.39, 0.29) is 5.78 Å². The van der Waals surface area contributed by atoms with E-state index < -0.39 is 0 Å². The molecular formula is C15H22N2O2. The fraction of sp³-hybridized carbons (Fsp3) is 0.533. The van der Waals surface area contributed by atoms with Crippen molar-refractivity contribution in [2.75, 3.05) is 26.2 Å². The highest BCUT2D eigenvalue weighted by molar-refractivity contribution is 5.97. The second kappa shape index (κ2) is 6.68. The minimum atomic E-state index is 0.150. The zero-order valence-corrected chi connectivity index (χ0v) is 11.5. The molecule has 0 aliphatic carbocycles. The highest BCUT2D eigenvalue weighted by Crippen LogP contribution is 2.15. The highest BCUT2D eigenvalue weighted by atomic mass is 16.5. The number of carbonyl (C=O) groups excluding carboxylic acids is 1. The summed E-state index contributed by atoms with van der Waals surface area (Å²) in [6.45, 7) is 4.85. The van der Waals surface area contributed by atoms with E-state index in [2.05, 4.69) is 4.90 Å². The predicted octanol–water partition coefficient (Wildman–Crippen LogP) is 1.69.